The topological polar surface area (TPSA) is 21.5 Å². The fourth-order valence-corrected chi connectivity index (χ4v) is 2.11. The van der Waals surface area contributed by atoms with Crippen LogP contribution in [0.4, 0.5) is 0 Å². The molecule has 3 nitrogen and oxygen atoms in total. The Kier molecular flexibility index (Phi) is 2.80. The molecule has 0 aromatic heterocycles. The molecule has 2 heterocycles. The van der Waals surface area contributed by atoms with Gasteiger partial charge in [-0.25, -0.2) is 4.58 Å². The van der Waals surface area contributed by atoms with E-state index in [4.69, 9.17) is 9.47 Å². The van der Waals surface area contributed by atoms with Crippen molar-refractivity contribution in [2.75, 3.05) is 13.8 Å². The van der Waals surface area contributed by atoms with Gasteiger partial charge < -0.3 is 21.9 Å². The van der Waals surface area contributed by atoms with E-state index >= 15 is 0 Å². The second-order valence-corrected chi connectivity index (χ2v) is 4.25. The van der Waals surface area contributed by atoms with Gasteiger partial charge in [-0.3, -0.25) is 0 Å². The average Bonchev–Trinajstić information content (AvgIpc) is 2.63. The molecule has 4 heteroatoms. The van der Waals surface area contributed by atoms with Crippen LogP contribution in [-0.4, -0.2) is 30.7 Å². The van der Waals surface area contributed by atoms with Crippen molar-refractivity contribution >= 4 is 6.21 Å². The molecule has 0 bridgehead atoms. The second-order valence-electron chi connectivity index (χ2n) is 4.25. The van der Waals surface area contributed by atoms with E-state index < -0.39 is 0 Å². The summed E-state index contributed by atoms with van der Waals surface area (Å²) in [5, 5.41) is 0. The zero-order valence-corrected chi connectivity index (χ0v) is 10.1. The molecule has 0 saturated carbocycles. The lowest BCUT2D eigenvalue weighted by atomic mass is 9.97. The Balaban J connectivity index is 0.000000963. The van der Waals surface area contributed by atoms with E-state index in [0.29, 0.717) is 12.8 Å². The van der Waals surface area contributed by atoms with Gasteiger partial charge in [-0.15, -0.1) is 0 Å². The van der Waals surface area contributed by atoms with Crippen LogP contribution >= 0.6 is 0 Å². The zero-order valence-electron chi connectivity index (χ0n) is 9.37. The molecule has 1 aromatic rings. The molecular formula is C12H14ClNO2. The Labute approximate surface area is 101 Å². The molecule has 1 atom stereocenters. The van der Waals surface area contributed by atoms with Gasteiger partial charge in [-0.2, -0.15) is 0 Å². The lowest BCUT2D eigenvalue weighted by Crippen LogP contribution is -3.00. The highest BCUT2D eigenvalue weighted by molar-refractivity contribution is 5.81. The minimum absolute atomic E-state index is 0. The van der Waals surface area contributed by atoms with E-state index in [-0.39, 0.29) is 12.4 Å². The predicted octanol–water partition coefficient (Wildman–Crippen LogP) is -1.57. The second kappa shape index (κ2) is 3.98. The summed E-state index contributed by atoms with van der Waals surface area (Å²) in [7, 11) is 2.11. The van der Waals surface area contributed by atoms with Gasteiger partial charge in [0.05, 0.1) is 0 Å². The number of fused-ring (bicyclic) bond motifs is 2. The fourth-order valence-electron chi connectivity index (χ4n) is 2.11. The van der Waals surface area contributed by atoms with Gasteiger partial charge >= 0.3 is 0 Å². The lowest BCUT2D eigenvalue weighted by molar-refractivity contribution is -0.530. The minimum Gasteiger partial charge on any atom is -1.00 e. The monoisotopic (exact) mass is 239 g/mol. The first kappa shape index (κ1) is 11.3. The summed E-state index contributed by atoms with van der Waals surface area (Å²) in [4.78, 5) is 0. The van der Waals surface area contributed by atoms with Crippen molar-refractivity contribution < 1.29 is 26.5 Å². The van der Waals surface area contributed by atoms with Crippen molar-refractivity contribution in [3.05, 3.63) is 23.3 Å². The van der Waals surface area contributed by atoms with Crippen molar-refractivity contribution in [1.29, 1.82) is 0 Å². The van der Waals surface area contributed by atoms with Gasteiger partial charge in [-0.05, 0) is 24.6 Å². The molecule has 0 aliphatic carbocycles. The molecular weight excluding hydrogens is 226 g/mol. The molecule has 0 radical (unpaired) electrons. The minimum atomic E-state index is 0. The lowest BCUT2D eigenvalue weighted by Gasteiger charge is -2.16. The standard InChI is InChI=1S/C12H14NO2.ClH/c1-8-3-9-4-11-12(15-7-14-11)5-10(9)6-13(8)2;/h4-6,8H,3,7H2,1-2H3;1H/q+1;/p-1. The van der Waals surface area contributed by atoms with Crippen molar-refractivity contribution in [1.82, 2.24) is 0 Å². The summed E-state index contributed by atoms with van der Waals surface area (Å²) in [6.45, 7) is 2.58. The van der Waals surface area contributed by atoms with Crippen LogP contribution in [-0.2, 0) is 6.42 Å². The molecule has 0 fully saturated rings. The molecule has 3 rings (SSSR count). The highest BCUT2D eigenvalue weighted by Crippen LogP contribution is 2.35. The summed E-state index contributed by atoms with van der Waals surface area (Å²) >= 11 is 0. The SMILES string of the molecule is CC1Cc2cc3c(cc2C=[N+]1C)OCO3.[Cl-]. The van der Waals surface area contributed by atoms with Crippen LogP contribution in [0, 0.1) is 0 Å². The molecule has 1 aromatic carbocycles. The zero-order chi connectivity index (χ0) is 10.4. The van der Waals surface area contributed by atoms with Crippen molar-refractivity contribution in [3.63, 3.8) is 0 Å². The van der Waals surface area contributed by atoms with Crippen LogP contribution < -0.4 is 21.9 Å². The molecule has 2 aliphatic rings. The van der Waals surface area contributed by atoms with Crippen LogP contribution in [0.25, 0.3) is 0 Å². The molecule has 2 aliphatic heterocycles. The Morgan fingerprint density at radius 3 is 2.69 bits per heavy atom. The Morgan fingerprint density at radius 1 is 1.25 bits per heavy atom. The van der Waals surface area contributed by atoms with Gasteiger partial charge in [0.15, 0.2) is 23.8 Å². The highest BCUT2D eigenvalue weighted by Gasteiger charge is 2.24. The van der Waals surface area contributed by atoms with Crippen LogP contribution in [0.5, 0.6) is 11.5 Å². The van der Waals surface area contributed by atoms with E-state index in [2.05, 4.69) is 36.9 Å². The first-order chi connectivity index (χ1) is 7.24. The average molecular weight is 240 g/mol. The first-order valence-electron chi connectivity index (χ1n) is 5.23. The number of likely N-dealkylation sites (N-methyl/N-ethyl adjacent to an activating group) is 1. The highest BCUT2D eigenvalue weighted by atomic mass is 35.5. The maximum atomic E-state index is 5.38. The Hall–Kier alpha value is -1.22. The largest absolute Gasteiger partial charge is 1.00 e. The number of ether oxygens (including phenoxy) is 2. The third kappa shape index (κ3) is 1.65. The van der Waals surface area contributed by atoms with Gasteiger partial charge in [0.2, 0.25) is 6.79 Å². The number of hydrogen-bond acceptors (Lipinski definition) is 2. The molecule has 0 saturated heterocycles. The van der Waals surface area contributed by atoms with Crippen LogP contribution in [0.3, 0.4) is 0 Å². The van der Waals surface area contributed by atoms with E-state index in [0.717, 1.165) is 17.9 Å². The summed E-state index contributed by atoms with van der Waals surface area (Å²) < 4.78 is 13.0. The number of rotatable bonds is 0. The van der Waals surface area contributed by atoms with Gasteiger partial charge in [0.25, 0.3) is 0 Å². The molecule has 0 spiro atoms. The van der Waals surface area contributed by atoms with Crippen molar-refractivity contribution in [2.45, 2.75) is 19.4 Å². The van der Waals surface area contributed by atoms with Crippen LogP contribution in [0.2, 0.25) is 0 Å². The third-order valence-electron chi connectivity index (χ3n) is 3.19. The molecule has 16 heavy (non-hydrogen) atoms. The Bertz CT molecular complexity index is 457. The molecule has 86 valence electrons. The van der Waals surface area contributed by atoms with Gasteiger partial charge in [0, 0.05) is 12.0 Å². The Morgan fingerprint density at radius 2 is 1.94 bits per heavy atom. The predicted molar refractivity (Wildman–Crippen MR) is 57.1 cm³/mol. The summed E-state index contributed by atoms with van der Waals surface area (Å²) in [6, 6.07) is 4.73. The number of hydrogen-bond donors (Lipinski definition) is 0. The van der Waals surface area contributed by atoms with E-state index in [1.54, 1.807) is 0 Å². The van der Waals surface area contributed by atoms with Crippen molar-refractivity contribution in [2.24, 2.45) is 0 Å². The van der Waals surface area contributed by atoms with Gasteiger partial charge in [0.1, 0.15) is 7.05 Å². The molecule has 0 N–H and O–H groups in total. The third-order valence-corrected chi connectivity index (χ3v) is 3.19. The number of benzene rings is 1. The number of nitrogens with zero attached hydrogens (tertiary/aromatic N) is 1. The van der Waals surface area contributed by atoms with Crippen LogP contribution in [0.1, 0.15) is 18.1 Å². The maximum Gasteiger partial charge on any atom is 0.231 e. The maximum absolute atomic E-state index is 5.38. The van der Waals surface area contributed by atoms with E-state index in [1.165, 1.54) is 11.1 Å². The van der Waals surface area contributed by atoms with Gasteiger partial charge in [-0.1, -0.05) is 0 Å². The normalized spacial score (nSPS) is 20.9. The number of halogens is 1. The molecule has 0 amide bonds. The van der Waals surface area contributed by atoms with E-state index in [1.807, 2.05) is 0 Å². The fraction of sp³-hybridized carbons (Fsp3) is 0.417. The van der Waals surface area contributed by atoms with Crippen molar-refractivity contribution in [3.8, 4) is 11.5 Å². The quantitative estimate of drug-likeness (QED) is 0.510. The van der Waals surface area contributed by atoms with E-state index in [9.17, 15) is 0 Å². The first-order valence-corrected chi connectivity index (χ1v) is 5.23. The van der Waals surface area contributed by atoms with Crippen LogP contribution in [0.15, 0.2) is 12.1 Å². The summed E-state index contributed by atoms with van der Waals surface area (Å²) in [6.07, 6.45) is 3.24. The molecule has 1 unspecified atom stereocenters. The summed E-state index contributed by atoms with van der Waals surface area (Å²) in [5.74, 6) is 1.76. The summed E-state index contributed by atoms with van der Waals surface area (Å²) in [5.41, 5.74) is 2.60. The smallest absolute Gasteiger partial charge is 0.231 e.